The van der Waals surface area contributed by atoms with Crippen LogP contribution in [0, 0.1) is 11.8 Å². The van der Waals surface area contributed by atoms with Gasteiger partial charge in [-0.25, -0.2) is 4.79 Å². The van der Waals surface area contributed by atoms with Gasteiger partial charge in [-0.3, -0.25) is 9.59 Å². The van der Waals surface area contributed by atoms with Gasteiger partial charge in [-0.2, -0.15) is 0 Å². The smallest absolute Gasteiger partial charge is 0.407 e. The standard InChI is InChI=1S/C32H47N3O6/c1-22(2)18-27(30(39)33-16-17-36)34-29(38)25(19-23-12-8-6-9-13-23)21-28(37)26(20-24-14-10-7-11-15-24)35-31(40)41-32(3,4)5/h6-15,22,25-28,36-37H,16-21H2,1-5H3,(H,33,39)(H,34,38)(H,35,40)/t25-,26+,27+,28+/m1/s1. The Morgan fingerprint density at radius 3 is 1.90 bits per heavy atom. The van der Waals surface area contributed by atoms with Gasteiger partial charge in [0.05, 0.1) is 18.8 Å². The summed E-state index contributed by atoms with van der Waals surface area (Å²) in [4.78, 5) is 39.2. The number of hydrogen-bond acceptors (Lipinski definition) is 6. The highest BCUT2D eigenvalue weighted by atomic mass is 16.6. The number of alkyl carbamates (subject to hydrolysis) is 1. The van der Waals surface area contributed by atoms with E-state index >= 15 is 0 Å². The zero-order chi connectivity index (χ0) is 30.4. The number of rotatable bonds is 15. The SMILES string of the molecule is CC(C)C[C@H](NC(=O)[C@H](Cc1ccccc1)C[C@H](O)[C@H](Cc1ccccc1)NC(=O)OC(C)(C)C)C(=O)NCCO. The fourth-order valence-electron chi connectivity index (χ4n) is 4.54. The first-order chi connectivity index (χ1) is 19.4. The first kappa shape index (κ1) is 33.8. The van der Waals surface area contributed by atoms with Gasteiger partial charge in [0, 0.05) is 12.5 Å². The molecule has 9 nitrogen and oxygen atoms in total. The summed E-state index contributed by atoms with van der Waals surface area (Å²) in [6.07, 6.45) is -0.615. The maximum atomic E-state index is 13.7. The summed E-state index contributed by atoms with van der Waals surface area (Å²) in [6, 6.07) is 17.4. The monoisotopic (exact) mass is 569 g/mol. The van der Waals surface area contributed by atoms with E-state index in [0.717, 1.165) is 11.1 Å². The molecule has 3 amide bonds. The van der Waals surface area contributed by atoms with E-state index in [9.17, 15) is 19.5 Å². The van der Waals surface area contributed by atoms with Crippen molar-refractivity contribution in [2.45, 2.75) is 84.1 Å². The number of carbonyl (C=O) groups excluding carboxylic acids is 3. The summed E-state index contributed by atoms with van der Waals surface area (Å²) < 4.78 is 5.45. The van der Waals surface area contributed by atoms with Crippen molar-refractivity contribution in [3.05, 3.63) is 71.8 Å². The summed E-state index contributed by atoms with van der Waals surface area (Å²) in [7, 11) is 0. The van der Waals surface area contributed by atoms with Gasteiger partial charge in [0.15, 0.2) is 0 Å². The number of nitrogens with one attached hydrogen (secondary N) is 3. The van der Waals surface area contributed by atoms with Crippen LogP contribution in [0.3, 0.4) is 0 Å². The molecule has 2 rings (SSSR count). The predicted octanol–water partition coefficient (Wildman–Crippen LogP) is 3.37. The summed E-state index contributed by atoms with van der Waals surface area (Å²) in [6.45, 7) is 9.09. The van der Waals surface area contributed by atoms with Crippen molar-refractivity contribution < 1.29 is 29.3 Å². The molecule has 41 heavy (non-hydrogen) atoms. The number of aliphatic hydroxyl groups is 2. The lowest BCUT2D eigenvalue weighted by molar-refractivity contribution is -0.132. The average molecular weight is 570 g/mol. The van der Waals surface area contributed by atoms with Crippen LogP contribution in [0.15, 0.2) is 60.7 Å². The van der Waals surface area contributed by atoms with Crippen LogP contribution < -0.4 is 16.0 Å². The molecule has 0 saturated carbocycles. The molecule has 2 aromatic carbocycles. The van der Waals surface area contributed by atoms with Gasteiger partial charge in [0.1, 0.15) is 11.6 Å². The quantitative estimate of drug-likeness (QED) is 0.223. The van der Waals surface area contributed by atoms with E-state index in [1.54, 1.807) is 20.8 Å². The molecule has 0 aliphatic carbocycles. The van der Waals surface area contributed by atoms with Crippen LogP contribution in [0.5, 0.6) is 0 Å². The van der Waals surface area contributed by atoms with Gasteiger partial charge in [0.2, 0.25) is 11.8 Å². The molecule has 9 heteroatoms. The second kappa shape index (κ2) is 16.7. The van der Waals surface area contributed by atoms with Crippen LogP contribution in [0.2, 0.25) is 0 Å². The predicted molar refractivity (Wildman–Crippen MR) is 159 cm³/mol. The Kier molecular flexibility index (Phi) is 13.8. The topological polar surface area (TPSA) is 137 Å². The van der Waals surface area contributed by atoms with Crippen molar-refractivity contribution in [3.63, 3.8) is 0 Å². The number of hydrogen-bond donors (Lipinski definition) is 5. The molecule has 0 saturated heterocycles. The highest BCUT2D eigenvalue weighted by Crippen LogP contribution is 2.20. The lowest BCUT2D eigenvalue weighted by Crippen LogP contribution is -2.51. The molecule has 0 aromatic heterocycles. The average Bonchev–Trinajstić information content (AvgIpc) is 2.90. The Balaban J connectivity index is 2.30. The van der Waals surface area contributed by atoms with Crippen LogP contribution in [0.25, 0.3) is 0 Å². The van der Waals surface area contributed by atoms with E-state index in [2.05, 4.69) is 16.0 Å². The van der Waals surface area contributed by atoms with E-state index in [1.807, 2.05) is 74.5 Å². The van der Waals surface area contributed by atoms with Crippen LogP contribution in [0.4, 0.5) is 4.79 Å². The number of aliphatic hydroxyl groups excluding tert-OH is 2. The molecular formula is C32H47N3O6. The third-order valence-corrected chi connectivity index (χ3v) is 6.44. The number of amides is 3. The fourth-order valence-corrected chi connectivity index (χ4v) is 4.54. The first-order valence-corrected chi connectivity index (χ1v) is 14.3. The number of carbonyl (C=O) groups is 3. The van der Waals surface area contributed by atoms with Crippen molar-refractivity contribution >= 4 is 17.9 Å². The summed E-state index contributed by atoms with van der Waals surface area (Å²) >= 11 is 0. The van der Waals surface area contributed by atoms with Gasteiger partial charge < -0.3 is 30.9 Å². The van der Waals surface area contributed by atoms with Crippen LogP contribution in [-0.2, 0) is 27.2 Å². The molecular weight excluding hydrogens is 522 g/mol. The molecule has 0 fully saturated rings. The lowest BCUT2D eigenvalue weighted by atomic mass is 9.88. The number of ether oxygens (including phenoxy) is 1. The Labute approximate surface area is 244 Å². The van der Waals surface area contributed by atoms with E-state index in [4.69, 9.17) is 9.84 Å². The molecule has 0 radical (unpaired) electrons. The normalized spacial score (nSPS) is 14.4. The molecule has 0 aliphatic rings. The number of benzene rings is 2. The molecule has 0 heterocycles. The summed E-state index contributed by atoms with van der Waals surface area (Å²) in [5.74, 6) is -1.29. The Hall–Kier alpha value is -3.43. The Morgan fingerprint density at radius 1 is 0.829 bits per heavy atom. The molecule has 0 unspecified atom stereocenters. The minimum atomic E-state index is -1.09. The molecule has 226 valence electrons. The third kappa shape index (κ3) is 13.2. The van der Waals surface area contributed by atoms with Crippen molar-refractivity contribution in [3.8, 4) is 0 Å². The minimum absolute atomic E-state index is 0.0423. The van der Waals surface area contributed by atoms with Gasteiger partial charge in [-0.15, -0.1) is 0 Å². The lowest BCUT2D eigenvalue weighted by Gasteiger charge is -2.30. The van der Waals surface area contributed by atoms with Crippen molar-refractivity contribution in [1.29, 1.82) is 0 Å². The molecule has 4 atom stereocenters. The van der Waals surface area contributed by atoms with Crippen LogP contribution in [0.1, 0.15) is 58.6 Å². The summed E-state index contributed by atoms with van der Waals surface area (Å²) in [5, 5.41) is 28.9. The van der Waals surface area contributed by atoms with Gasteiger partial charge in [-0.05, 0) is 63.5 Å². The second-order valence-corrected chi connectivity index (χ2v) is 11.8. The van der Waals surface area contributed by atoms with Gasteiger partial charge >= 0.3 is 6.09 Å². The zero-order valence-corrected chi connectivity index (χ0v) is 24.9. The van der Waals surface area contributed by atoms with Crippen molar-refractivity contribution in [2.75, 3.05) is 13.2 Å². The highest BCUT2D eigenvalue weighted by Gasteiger charge is 2.32. The van der Waals surface area contributed by atoms with Crippen LogP contribution >= 0.6 is 0 Å². The molecule has 0 bridgehead atoms. The largest absolute Gasteiger partial charge is 0.444 e. The maximum Gasteiger partial charge on any atom is 0.407 e. The van der Waals surface area contributed by atoms with E-state index in [1.165, 1.54) is 0 Å². The first-order valence-electron chi connectivity index (χ1n) is 14.3. The molecule has 0 aliphatic heterocycles. The van der Waals surface area contributed by atoms with E-state index in [0.29, 0.717) is 19.3 Å². The third-order valence-electron chi connectivity index (χ3n) is 6.44. The minimum Gasteiger partial charge on any atom is -0.444 e. The second-order valence-electron chi connectivity index (χ2n) is 11.8. The van der Waals surface area contributed by atoms with Crippen LogP contribution in [-0.4, -0.2) is 65.1 Å². The van der Waals surface area contributed by atoms with E-state index < -0.39 is 35.8 Å². The van der Waals surface area contributed by atoms with Crippen molar-refractivity contribution in [2.24, 2.45) is 11.8 Å². The zero-order valence-electron chi connectivity index (χ0n) is 24.9. The highest BCUT2D eigenvalue weighted by molar-refractivity contribution is 5.88. The van der Waals surface area contributed by atoms with E-state index in [-0.39, 0.29) is 37.3 Å². The Morgan fingerprint density at radius 2 is 1.39 bits per heavy atom. The van der Waals surface area contributed by atoms with Gasteiger partial charge in [0.25, 0.3) is 0 Å². The van der Waals surface area contributed by atoms with Crippen molar-refractivity contribution in [1.82, 2.24) is 16.0 Å². The Bertz CT molecular complexity index is 1070. The fraction of sp³-hybridized carbons (Fsp3) is 0.531. The molecule has 5 N–H and O–H groups in total. The maximum absolute atomic E-state index is 13.7. The molecule has 2 aromatic rings. The van der Waals surface area contributed by atoms with Gasteiger partial charge in [-0.1, -0.05) is 74.5 Å². The summed E-state index contributed by atoms with van der Waals surface area (Å²) in [5.41, 5.74) is 1.10. The molecule has 0 spiro atoms.